The zero-order chi connectivity index (χ0) is 8.48. The molecule has 0 heterocycles. The van der Waals surface area contributed by atoms with Gasteiger partial charge in [-0.05, 0) is 12.5 Å². The van der Waals surface area contributed by atoms with Crippen molar-refractivity contribution in [2.45, 2.75) is 6.42 Å². The zero-order valence-electron chi connectivity index (χ0n) is 5.95. The molecule has 0 saturated carbocycles. The van der Waals surface area contributed by atoms with Crippen molar-refractivity contribution in [3.05, 3.63) is 35.3 Å². The highest BCUT2D eigenvalue weighted by Gasteiger charge is 2.10. The van der Waals surface area contributed by atoms with E-state index in [0.29, 0.717) is 6.42 Å². The lowest BCUT2D eigenvalue weighted by Gasteiger charge is -2.04. The molecule has 0 fully saturated rings. The van der Waals surface area contributed by atoms with Crippen LogP contribution in [-0.4, -0.2) is 8.42 Å². The number of hydrogen-bond acceptors (Lipinski definition) is 2. The molecule has 0 aromatic heterocycles. The summed E-state index contributed by atoms with van der Waals surface area (Å²) in [6.07, 6.45) is 5.22. The topological polar surface area (TPSA) is 60.2 Å². The fraction of sp³-hybridized carbons (Fsp3) is 0.143. The molecule has 0 spiro atoms. The average Bonchev–Trinajstić information content (AvgIpc) is 1.86. The third-order valence-corrected chi connectivity index (χ3v) is 2.34. The van der Waals surface area contributed by atoms with E-state index in [2.05, 4.69) is 6.58 Å². The second kappa shape index (κ2) is 2.64. The van der Waals surface area contributed by atoms with Crippen molar-refractivity contribution in [1.29, 1.82) is 0 Å². The Morgan fingerprint density at radius 1 is 1.45 bits per heavy atom. The van der Waals surface area contributed by atoms with Crippen molar-refractivity contribution < 1.29 is 8.42 Å². The maximum Gasteiger partial charge on any atom is 0.237 e. The second-order valence-electron chi connectivity index (χ2n) is 2.35. The summed E-state index contributed by atoms with van der Waals surface area (Å²) in [6.45, 7) is 3.66. The number of allylic oxidation sites excluding steroid dienone is 4. The monoisotopic (exact) mass is 171 g/mol. The average molecular weight is 171 g/mol. The Hall–Kier alpha value is -0.870. The Labute approximate surface area is 66.0 Å². The largest absolute Gasteiger partial charge is 0.237 e. The highest BCUT2D eigenvalue weighted by atomic mass is 32.2. The molecule has 60 valence electrons. The first-order chi connectivity index (χ1) is 5.00. The first kappa shape index (κ1) is 8.23. The van der Waals surface area contributed by atoms with Crippen LogP contribution in [0.5, 0.6) is 0 Å². The van der Waals surface area contributed by atoms with Crippen LogP contribution in [0.25, 0.3) is 0 Å². The van der Waals surface area contributed by atoms with E-state index in [4.69, 9.17) is 5.14 Å². The van der Waals surface area contributed by atoms with E-state index >= 15 is 0 Å². The summed E-state index contributed by atoms with van der Waals surface area (Å²) in [5, 5.41) is 4.88. The van der Waals surface area contributed by atoms with Crippen molar-refractivity contribution in [3.8, 4) is 0 Å². The normalized spacial score (nSPS) is 18.3. The Morgan fingerprint density at radius 3 is 2.45 bits per heavy atom. The number of hydrogen-bond donors (Lipinski definition) is 1. The van der Waals surface area contributed by atoms with Gasteiger partial charge < -0.3 is 0 Å². The summed E-state index contributed by atoms with van der Waals surface area (Å²) in [5.74, 6) is 0. The molecule has 2 N–H and O–H groups in total. The zero-order valence-corrected chi connectivity index (χ0v) is 6.76. The minimum Gasteiger partial charge on any atom is -0.225 e. The lowest BCUT2D eigenvalue weighted by molar-refractivity contribution is 0.604. The molecule has 1 aliphatic carbocycles. The minimum atomic E-state index is -3.52. The van der Waals surface area contributed by atoms with E-state index in [-0.39, 0.29) is 4.91 Å². The predicted molar refractivity (Wildman–Crippen MR) is 44.1 cm³/mol. The minimum absolute atomic E-state index is 0.171. The number of rotatable bonds is 1. The van der Waals surface area contributed by atoms with Crippen LogP contribution in [0.15, 0.2) is 35.3 Å². The molecule has 0 atom stereocenters. The second-order valence-corrected chi connectivity index (χ2v) is 3.91. The summed E-state index contributed by atoms with van der Waals surface area (Å²) < 4.78 is 21.4. The molecule has 0 aromatic rings. The van der Waals surface area contributed by atoms with Gasteiger partial charge in [-0.2, -0.15) is 0 Å². The van der Waals surface area contributed by atoms with E-state index in [9.17, 15) is 8.42 Å². The molecule has 1 rings (SSSR count). The van der Waals surface area contributed by atoms with Gasteiger partial charge >= 0.3 is 0 Å². The third-order valence-electron chi connectivity index (χ3n) is 1.38. The fourth-order valence-corrected chi connectivity index (χ4v) is 1.35. The van der Waals surface area contributed by atoms with Gasteiger partial charge in [0.15, 0.2) is 0 Å². The van der Waals surface area contributed by atoms with Crippen LogP contribution in [0.2, 0.25) is 0 Å². The standard InChI is InChI=1S/C7H9NO2S/c1-6-2-4-7(5-3-6)11(8,9)10/h2,4-5H,1,3H2,(H2,8,9,10). The van der Waals surface area contributed by atoms with Crippen LogP contribution in [0.1, 0.15) is 6.42 Å². The van der Waals surface area contributed by atoms with Gasteiger partial charge in [-0.1, -0.05) is 24.3 Å². The van der Waals surface area contributed by atoms with Crippen molar-refractivity contribution >= 4 is 10.0 Å². The molecular weight excluding hydrogens is 162 g/mol. The van der Waals surface area contributed by atoms with Crippen LogP contribution in [-0.2, 0) is 10.0 Å². The molecular formula is C7H9NO2S. The summed E-state index contributed by atoms with van der Waals surface area (Å²) in [7, 11) is -3.52. The van der Waals surface area contributed by atoms with Gasteiger partial charge in [-0.25, -0.2) is 13.6 Å². The van der Waals surface area contributed by atoms with E-state index < -0.39 is 10.0 Å². The first-order valence-electron chi connectivity index (χ1n) is 3.09. The number of sulfonamides is 1. The van der Waals surface area contributed by atoms with Crippen LogP contribution in [0.3, 0.4) is 0 Å². The maximum atomic E-state index is 10.7. The molecule has 11 heavy (non-hydrogen) atoms. The Kier molecular flexibility index (Phi) is 1.97. The third kappa shape index (κ3) is 2.03. The number of nitrogens with two attached hydrogens (primary N) is 1. The van der Waals surface area contributed by atoms with E-state index in [1.807, 2.05) is 0 Å². The SMILES string of the molecule is C=C1C=CC(S(N)(=O)=O)=CC1. The molecule has 0 aromatic carbocycles. The Bertz CT molecular complexity index is 335. The number of primary sulfonamides is 1. The quantitative estimate of drug-likeness (QED) is 0.630. The fourth-order valence-electron chi connectivity index (χ4n) is 0.779. The highest BCUT2D eigenvalue weighted by Crippen LogP contribution is 2.15. The summed E-state index contributed by atoms with van der Waals surface area (Å²) in [5.41, 5.74) is 0.886. The highest BCUT2D eigenvalue weighted by molar-refractivity contribution is 7.93. The summed E-state index contributed by atoms with van der Waals surface area (Å²) in [4.78, 5) is 0.171. The molecule has 0 saturated heterocycles. The molecule has 0 unspecified atom stereocenters. The van der Waals surface area contributed by atoms with Crippen LogP contribution >= 0.6 is 0 Å². The van der Waals surface area contributed by atoms with Gasteiger partial charge in [0.05, 0.1) is 4.91 Å². The van der Waals surface area contributed by atoms with Gasteiger partial charge in [-0.15, -0.1) is 0 Å². The van der Waals surface area contributed by atoms with Crippen LogP contribution < -0.4 is 5.14 Å². The molecule has 3 nitrogen and oxygen atoms in total. The van der Waals surface area contributed by atoms with Gasteiger partial charge in [0.25, 0.3) is 0 Å². The van der Waals surface area contributed by atoms with Crippen molar-refractivity contribution in [3.63, 3.8) is 0 Å². The molecule has 0 radical (unpaired) electrons. The molecule has 0 aliphatic heterocycles. The lowest BCUT2D eigenvalue weighted by atomic mass is 10.1. The molecule has 0 amide bonds. The molecule has 1 aliphatic rings. The lowest BCUT2D eigenvalue weighted by Crippen LogP contribution is -2.14. The van der Waals surface area contributed by atoms with Crippen molar-refractivity contribution in [1.82, 2.24) is 0 Å². The van der Waals surface area contributed by atoms with Gasteiger partial charge in [0.2, 0.25) is 10.0 Å². The van der Waals surface area contributed by atoms with E-state index in [0.717, 1.165) is 5.57 Å². The Morgan fingerprint density at radius 2 is 2.09 bits per heavy atom. The van der Waals surface area contributed by atoms with E-state index in [1.54, 1.807) is 12.2 Å². The van der Waals surface area contributed by atoms with Crippen LogP contribution in [0.4, 0.5) is 0 Å². The summed E-state index contributed by atoms with van der Waals surface area (Å²) in [6, 6.07) is 0. The smallest absolute Gasteiger partial charge is 0.225 e. The first-order valence-corrected chi connectivity index (χ1v) is 4.63. The summed E-state index contributed by atoms with van der Waals surface area (Å²) >= 11 is 0. The van der Waals surface area contributed by atoms with E-state index in [1.165, 1.54) is 6.08 Å². The predicted octanol–water partition coefficient (Wildman–Crippen LogP) is 0.675. The van der Waals surface area contributed by atoms with Crippen LogP contribution in [0, 0.1) is 0 Å². The molecule has 4 heteroatoms. The Balaban J connectivity index is 2.97. The van der Waals surface area contributed by atoms with Crippen molar-refractivity contribution in [2.75, 3.05) is 0 Å². The van der Waals surface area contributed by atoms with Gasteiger partial charge in [0.1, 0.15) is 0 Å². The molecule has 0 bridgehead atoms. The van der Waals surface area contributed by atoms with Gasteiger partial charge in [0, 0.05) is 0 Å². The maximum absolute atomic E-state index is 10.7. The van der Waals surface area contributed by atoms with Crippen molar-refractivity contribution in [2.24, 2.45) is 5.14 Å². The van der Waals surface area contributed by atoms with Gasteiger partial charge in [-0.3, -0.25) is 0 Å².